The van der Waals surface area contributed by atoms with Gasteiger partial charge in [0.1, 0.15) is 0 Å². The highest BCUT2D eigenvalue weighted by Crippen LogP contribution is 2.07. The lowest BCUT2D eigenvalue weighted by molar-refractivity contribution is 0.0518. The standard InChI is InChI=1S/C9H12ClN3O/c10-9-2-1-7(12-13-9)6-14-8-3-4-11-5-8/h1-2,8,11H,3-6H2/t8-/m0/s1. The van der Waals surface area contributed by atoms with Crippen molar-refractivity contribution in [1.82, 2.24) is 15.5 Å². The molecule has 1 aromatic heterocycles. The van der Waals surface area contributed by atoms with Crippen molar-refractivity contribution in [2.45, 2.75) is 19.1 Å². The Labute approximate surface area is 87.6 Å². The highest BCUT2D eigenvalue weighted by molar-refractivity contribution is 6.29. The van der Waals surface area contributed by atoms with Gasteiger partial charge >= 0.3 is 0 Å². The van der Waals surface area contributed by atoms with Crippen LogP contribution in [0.3, 0.4) is 0 Å². The second-order valence-corrected chi connectivity index (χ2v) is 3.66. The Hall–Kier alpha value is -0.710. The molecule has 2 rings (SSSR count). The van der Waals surface area contributed by atoms with Crippen LogP contribution in [0.1, 0.15) is 12.1 Å². The van der Waals surface area contributed by atoms with E-state index in [0.29, 0.717) is 17.9 Å². The van der Waals surface area contributed by atoms with Gasteiger partial charge in [-0.2, -0.15) is 5.10 Å². The van der Waals surface area contributed by atoms with Crippen molar-refractivity contribution >= 4 is 11.6 Å². The zero-order valence-corrected chi connectivity index (χ0v) is 8.50. The van der Waals surface area contributed by atoms with Crippen molar-refractivity contribution in [2.75, 3.05) is 13.1 Å². The Kier molecular flexibility index (Phi) is 3.29. The van der Waals surface area contributed by atoms with E-state index in [1.54, 1.807) is 6.07 Å². The van der Waals surface area contributed by atoms with Gasteiger partial charge in [-0.1, -0.05) is 11.6 Å². The molecule has 5 heteroatoms. The highest BCUT2D eigenvalue weighted by atomic mass is 35.5. The molecule has 4 nitrogen and oxygen atoms in total. The predicted molar refractivity (Wildman–Crippen MR) is 53.1 cm³/mol. The Morgan fingerprint density at radius 2 is 2.43 bits per heavy atom. The molecular formula is C9H12ClN3O. The van der Waals surface area contributed by atoms with Gasteiger partial charge in [0.2, 0.25) is 0 Å². The van der Waals surface area contributed by atoms with E-state index in [-0.39, 0.29) is 0 Å². The Bertz CT molecular complexity index is 285. The number of aromatic nitrogens is 2. The van der Waals surface area contributed by atoms with Crippen LogP contribution in [0.15, 0.2) is 12.1 Å². The molecule has 2 heterocycles. The summed E-state index contributed by atoms with van der Waals surface area (Å²) in [7, 11) is 0. The van der Waals surface area contributed by atoms with Crippen LogP contribution in [0.4, 0.5) is 0 Å². The first kappa shape index (κ1) is 9.83. The molecule has 1 saturated heterocycles. The summed E-state index contributed by atoms with van der Waals surface area (Å²) in [4.78, 5) is 0. The van der Waals surface area contributed by atoms with Crippen LogP contribution in [0.25, 0.3) is 0 Å². The van der Waals surface area contributed by atoms with Crippen LogP contribution in [0.2, 0.25) is 5.15 Å². The van der Waals surface area contributed by atoms with Crippen molar-refractivity contribution in [3.8, 4) is 0 Å². The van der Waals surface area contributed by atoms with Crippen molar-refractivity contribution in [3.63, 3.8) is 0 Å². The summed E-state index contributed by atoms with van der Waals surface area (Å²) < 4.78 is 5.62. The molecule has 0 aromatic carbocycles. The fourth-order valence-corrected chi connectivity index (χ4v) is 1.50. The van der Waals surface area contributed by atoms with Crippen molar-refractivity contribution < 1.29 is 4.74 Å². The average Bonchev–Trinajstić information content (AvgIpc) is 2.70. The molecule has 1 aliphatic rings. The number of ether oxygens (including phenoxy) is 1. The lowest BCUT2D eigenvalue weighted by Crippen LogP contribution is -2.16. The largest absolute Gasteiger partial charge is 0.370 e. The summed E-state index contributed by atoms with van der Waals surface area (Å²) in [6.07, 6.45) is 1.38. The van der Waals surface area contributed by atoms with E-state index in [9.17, 15) is 0 Å². The van der Waals surface area contributed by atoms with Gasteiger partial charge in [0.05, 0.1) is 18.4 Å². The minimum atomic E-state index is 0.312. The molecule has 0 radical (unpaired) electrons. The average molecular weight is 214 g/mol. The van der Waals surface area contributed by atoms with Gasteiger partial charge < -0.3 is 10.1 Å². The summed E-state index contributed by atoms with van der Waals surface area (Å²) in [5, 5.41) is 11.3. The molecule has 1 fully saturated rings. The Morgan fingerprint density at radius 3 is 3.07 bits per heavy atom. The second-order valence-electron chi connectivity index (χ2n) is 3.27. The minimum absolute atomic E-state index is 0.312. The number of rotatable bonds is 3. The van der Waals surface area contributed by atoms with Crippen LogP contribution >= 0.6 is 11.6 Å². The molecule has 1 aromatic rings. The maximum Gasteiger partial charge on any atom is 0.151 e. The third-order valence-electron chi connectivity index (χ3n) is 2.17. The van der Waals surface area contributed by atoms with E-state index in [1.165, 1.54) is 0 Å². The van der Waals surface area contributed by atoms with Gasteiger partial charge in [0, 0.05) is 6.54 Å². The van der Waals surface area contributed by atoms with Gasteiger partial charge in [0.15, 0.2) is 5.15 Å². The summed E-state index contributed by atoms with van der Waals surface area (Å²) in [6.45, 7) is 2.48. The van der Waals surface area contributed by atoms with E-state index in [4.69, 9.17) is 16.3 Å². The molecule has 0 aliphatic carbocycles. The van der Waals surface area contributed by atoms with E-state index >= 15 is 0 Å². The normalized spacial score (nSPS) is 21.4. The number of halogens is 1. The van der Waals surface area contributed by atoms with Gasteiger partial charge in [-0.15, -0.1) is 5.10 Å². The summed E-state index contributed by atoms with van der Waals surface area (Å²) in [5.74, 6) is 0. The first-order valence-corrected chi connectivity index (χ1v) is 5.03. The minimum Gasteiger partial charge on any atom is -0.370 e. The van der Waals surface area contributed by atoms with Crippen LogP contribution < -0.4 is 5.32 Å². The van der Waals surface area contributed by atoms with Crippen molar-refractivity contribution in [2.24, 2.45) is 0 Å². The monoisotopic (exact) mass is 213 g/mol. The maximum absolute atomic E-state index is 5.62. The fraction of sp³-hybridized carbons (Fsp3) is 0.556. The van der Waals surface area contributed by atoms with E-state index < -0.39 is 0 Å². The van der Waals surface area contributed by atoms with E-state index in [0.717, 1.165) is 25.2 Å². The summed E-state index contributed by atoms with van der Waals surface area (Å²) in [5.41, 5.74) is 0.821. The van der Waals surface area contributed by atoms with E-state index in [2.05, 4.69) is 15.5 Å². The second kappa shape index (κ2) is 4.68. The van der Waals surface area contributed by atoms with Gasteiger partial charge in [-0.25, -0.2) is 0 Å². The molecule has 1 N–H and O–H groups in total. The number of hydrogen-bond acceptors (Lipinski definition) is 4. The number of nitrogens with zero attached hydrogens (tertiary/aromatic N) is 2. The molecule has 1 atom stereocenters. The lowest BCUT2D eigenvalue weighted by atomic mass is 10.3. The molecule has 0 unspecified atom stereocenters. The van der Waals surface area contributed by atoms with Crippen molar-refractivity contribution in [3.05, 3.63) is 23.0 Å². The molecular weight excluding hydrogens is 202 g/mol. The maximum atomic E-state index is 5.62. The van der Waals surface area contributed by atoms with Crippen LogP contribution in [0, 0.1) is 0 Å². The fourth-order valence-electron chi connectivity index (χ4n) is 1.39. The topological polar surface area (TPSA) is 47.0 Å². The molecule has 1 aliphatic heterocycles. The van der Waals surface area contributed by atoms with E-state index in [1.807, 2.05) is 6.07 Å². The smallest absolute Gasteiger partial charge is 0.151 e. The highest BCUT2D eigenvalue weighted by Gasteiger charge is 2.14. The van der Waals surface area contributed by atoms with Gasteiger partial charge in [-0.3, -0.25) is 0 Å². The van der Waals surface area contributed by atoms with Crippen LogP contribution in [0.5, 0.6) is 0 Å². The third kappa shape index (κ3) is 2.64. The zero-order chi connectivity index (χ0) is 9.80. The van der Waals surface area contributed by atoms with Crippen LogP contribution in [-0.4, -0.2) is 29.4 Å². The number of nitrogens with one attached hydrogen (secondary N) is 1. The van der Waals surface area contributed by atoms with Gasteiger partial charge in [-0.05, 0) is 25.1 Å². The predicted octanol–water partition coefficient (Wildman–Crippen LogP) is 1.01. The van der Waals surface area contributed by atoms with Gasteiger partial charge in [0.25, 0.3) is 0 Å². The molecule has 0 bridgehead atoms. The Balaban J connectivity index is 1.82. The molecule has 0 amide bonds. The summed E-state index contributed by atoms with van der Waals surface area (Å²) in [6, 6.07) is 3.55. The zero-order valence-electron chi connectivity index (χ0n) is 7.74. The first-order chi connectivity index (χ1) is 6.84. The number of hydrogen-bond donors (Lipinski definition) is 1. The Morgan fingerprint density at radius 1 is 1.50 bits per heavy atom. The molecule has 0 spiro atoms. The SMILES string of the molecule is Clc1ccc(CO[C@H]2CCNC2)nn1. The van der Waals surface area contributed by atoms with Crippen molar-refractivity contribution in [1.29, 1.82) is 0 Å². The molecule has 14 heavy (non-hydrogen) atoms. The third-order valence-corrected chi connectivity index (χ3v) is 2.37. The quantitative estimate of drug-likeness (QED) is 0.814. The molecule has 0 saturated carbocycles. The van der Waals surface area contributed by atoms with Crippen LogP contribution in [-0.2, 0) is 11.3 Å². The lowest BCUT2D eigenvalue weighted by Gasteiger charge is -2.08. The molecule has 76 valence electrons. The first-order valence-electron chi connectivity index (χ1n) is 4.65. The summed E-state index contributed by atoms with van der Waals surface area (Å²) >= 11 is 5.61.